The Morgan fingerprint density at radius 2 is 1.72 bits per heavy atom. The summed E-state index contributed by atoms with van der Waals surface area (Å²) in [5.74, 6) is 0. The Bertz CT molecular complexity index is 318. The molecule has 0 aliphatic carbocycles. The third kappa shape index (κ3) is 7.27. The molecule has 0 radical (unpaired) electrons. The van der Waals surface area contributed by atoms with E-state index in [2.05, 4.69) is 6.07 Å². The number of hydrogen-bond acceptors (Lipinski definition) is 4. The summed E-state index contributed by atoms with van der Waals surface area (Å²) in [6, 6.07) is 7.98. The van der Waals surface area contributed by atoms with Crippen molar-refractivity contribution < 1.29 is 14.2 Å². The molecule has 0 aromatic heterocycles. The molecule has 1 rings (SSSR count). The molecule has 2 N–H and O–H groups in total. The predicted molar refractivity (Wildman–Crippen MR) is 72.7 cm³/mol. The molecule has 4 heteroatoms. The smallest absolute Gasteiger partial charge is 0.0701 e. The van der Waals surface area contributed by atoms with Crippen molar-refractivity contribution >= 4 is 5.69 Å². The van der Waals surface area contributed by atoms with Gasteiger partial charge in [0.15, 0.2) is 0 Å². The molecular formula is C14H23NO3. The monoisotopic (exact) mass is 253 g/mol. The number of methoxy groups -OCH3 is 1. The van der Waals surface area contributed by atoms with Crippen LogP contribution in [-0.4, -0.2) is 40.1 Å². The number of anilines is 1. The number of nitrogens with two attached hydrogens (primary N) is 1. The van der Waals surface area contributed by atoms with Gasteiger partial charge >= 0.3 is 0 Å². The van der Waals surface area contributed by atoms with Gasteiger partial charge in [-0.15, -0.1) is 0 Å². The topological polar surface area (TPSA) is 53.7 Å². The van der Waals surface area contributed by atoms with Crippen LogP contribution in [-0.2, 0) is 20.6 Å². The van der Waals surface area contributed by atoms with Crippen LogP contribution < -0.4 is 5.73 Å². The van der Waals surface area contributed by atoms with Gasteiger partial charge in [0.05, 0.1) is 26.4 Å². The second-order valence-electron chi connectivity index (χ2n) is 4.07. The summed E-state index contributed by atoms with van der Waals surface area (Å²) in [5, 5.41) is 0. The van der Waals surface area contributed by atoms with Gasteiger partial charge in [0, 0.05) is 19.4 Å². The van der Waals surface area contributed by atoms with Crippen molar-refractivity contribution in [3.63, 3.8) is 0 Å². The second kappa shape index (κ2) is 9.88. The van der Waals surface area contributed by atoms with Gasteiger partial charge in [-0.1, -0.05) is 12.1 Å². The van der Waals surface area contributed by atoms with Gasteiger partial charge in [-0.05, 0) is 30.5 Å². The molecule has 0 fully saturated rings. The van der Waals surface area contributed by atoms with Crippen molar-refractivity contribution in [1.29, 1.82) is 0 Å². The van der Waals surface area contributed by atoms with Crippen LogP contribution in [0.5, 0.6) is 0 Å². The summed E-state index contributed by atoms with van der Waals surface area (Å²) in [6.07, 6.45) is 2.00. The summed E-state index contributed by atoms with van der Waals surface area (Å²) in [4.78, 5) is 0. The van der Waals surface area contributed by atoms with Crippen LogP contribution in [0.25, 0.3) is 0 Å². The molecule has 0 heterocycles. The van der Waals surface area contributed by atoms with Gasteiger partial charge in [-0.3, -0.25) is 0 Å². The van der Waals surface area contributed by atoms with Crippen LogP contribution in [0.15, 0.2) is 24.3 Å². The fourth-order valence-electron chi connectivity index (χ4n) is 1.59. The molecule has 0 spiro atoms. The molecule has 0 unspecified atom stereocenters. The van der Waals surface area contributed by atoms with E-state index < -0.39 is 0 Å². The van der Waals surface area contributed by atoms with Crippen LogP contribution in [0.3, 0.4) is 0 Å². The van der Waals surface area contributed by atoms with Gasteiger partial charge in [-0.25, -0.2) is 0 Å². The van der Waals surface area contributed by atoms with Crippen molar-refractivity contribution in [3.8, 4) is 0 Å². The molecule has 0 bridgehead atoms. The molecule has 102 valence electrons. The van der Waals surface area contributed by atoms with Crippen molar-refractivity contribution in [3.05, 3.63) is 29.8 Å². The largest absolute Gasteiger partial charge is 0.399 e. The zero-order chi connectivity index (χ0) is 13.1. The van der Waals surface area contributed by atoms with Crippen molar-refractivity contribution in [2.45, 2.75) is 12.8 Å². The van der Waals surface area contributed by atoms with Crippen LogP contribution in [0, 0.1) is 0 Å². The third-order valence-corrected chi connectivity index (χ3v) is 2.51. The molecule has 0 saturated carbocycles. The molecule has 0 aliphatic heterocycles. The molecule has 1 aromatic carbocycles. The summed E-state index contributed by atoms with van der Waals surface area (Å²) in [6.45, 7) is 3.28. The molecule has 4 nitrogen and oxygen atoms in total. The first-order valence-corrected chi connectivity index (χ1v) is 6.32. The van der Waals surface area contributed by atoms with E-state index in [4.69, 9.17) is 19.9 Å². The number of benzene rings is 1. The van der Waals surface area contributed by atoms with Crippen molar-refractivity contribution in [2.75, 3.05) is 45.9 Å². The Morgan fingerprint density at radius 1 is 1.00 bits per heavy atom. The number of nitrogen functional groups attached to an aromatic ring is 1. The first-order chi connectivity index (χ1) is 8.83. The lowest BCUT2D eigenvalue weighted by Crippen LogP contribution is -2.09. The molecule has 0 amide bonds. The van der Waals surface area contributed by atoms with E-state index in [1.807, 2.05) is 18.2 Å². The normalized spacial score (nSPS) is 10.7. The number of aryl methyl sites for hydroxylation is 1. The van der Waals surface area contributed by atoms with E-state index in [1.54, 1.807) is 7.11 Å². The molecular weight excluding hydrogens is 230 g/mol. The van der Waals surface area contributed by atoms with Crippen molar-refractivity contribution in [2.24, 2.45) is 0 Å². The standard InChI is InChI=1S/C14H23NO3/c1-16-8-9-18-11-10-17-7-3-5-13-4-2-6-14(15)12-13/h2,4,6,12H,3,5,7-11,15H2,1H3. The van der Waals surface area contributed by atoms with E-state index in [9.17, 15) is 0 Å². The summed E-state index contributed by atoms with van der Waals surface area (Å²) in [7, 11) is 1.66. The Labute approximate surface area is 109 Å². The molecule has 0 saturated heterocycles. The lowest BCUT2D eigenvalue weighted by Gasteiger charge is -2.06. The Kier molecular flexibility index (Phi) is 8.21. The Hall–Kier alpha value is -1.10. The van der Waals surface area contributed by atoms with Crippen LogP contribution in [0.1, 0.15) is 12.0 Å². The van der Waals surface area contributed by atoms with E-state index in [0.29, 0.717) is 26.4 Å². The first kappa shape index (κ1) is 15.0. The van der Waals surface area contributed by atoms with E-state index in [1.165, 1.54) is 5.56 Å². The fraction of sp³-hybridized carbons (Fsp3) is 0.571. The number of rotatable bonds is 10. The lowest BCUT2D eigenvalue weighted by atomic mass is 10.1. The van der Waals surface area contributed by atoms with Gasteiger partial charge in [-0.2, -0.15) is 0 Å². The van der Waals surface area contributed by atoms with E-state index in [0.717, 1.165) is 25.1 Å². The third-order valence-electron chi connectivity index (χ3n) is 2.51. The Morgan fingerprint density at radius 3 is 2.44 bits per heavy atom. The van der Waals surface area contributed by atoms with Crippen molar-refractivity contribution in [1.82, 2.24) is 0 Å². The highest BCUT2D eigenvalue weighted by Crippen LogP contribution is 2.08. The van der Waals surface area contributed by atoms with E-state index >= 15 is 0 Å². The van der Waals surface area contributed by atoms with Gasteiger partial charge in [0.2, 0.25) is 0 Å². The number of ether oxygens (including phenoxy) is 3. The maximum Gasteiger partial charge on any atom is 0.0701 e. The zero-order valence-electron chi connectivity index (χ0n) is 11.1. The van der Waals surface area contributed by atoms with Gasteiger partial charge in [0.25, 0.3) is 0 Å². The van der Waals surface area contributed by atoms with Crippen LogP contribution in [0.2, 0.25) is 0 Å². The highest BCUT2D eigenvalue weighted by atomic mass is 16.5. The lowest BCUT2D eigenvalue weighted by molar-refractivity contribution is 0.0244. The first-order valence-electron chi connectivity index (χ1n) is 6.32. The highest BCUT2D eigenvalue weighted by molar-refractivity contribution is 5.40. The predicted octanol–water partition coefficient (Wildman–Crippen LogP) is 1.88. The Balaban J connectivity index is 1.92. The minimum atomic E-state index is 0.627. The second-order valence-corrected chi connectivity index (χ2v) is 4.07. The quantitative estimate of drug-likeness (QED) is 0.511. The molecule has 18 heavy (non-hydrogen) atoms. The fourth-order valence-corrected chi connectivity index (χ4v) is 1.59. The maximum atomic E-state index is 5.71. The molecule has 0 aliphatic rings. The highest BCUT2D eigenvalue weighted by Gasteiger charge is 1.95. The summed E-state index contributed by atoms with van der Waals surface area (Å²) >= 11 is 0. The SMILES string of the molecule is COCCOCCOCCCc1cccc(N)c1. The minimum Gasteiger partial charge on any atom is -0.399 e. The molecule has 1 aromatic rings. The zero-order valence-corrected chi connectivity index (χ0v) is 11.1. The minimum absolute atomic E-state index is 0.627. The van der Waals surface area contributed by atoms with Crippen LogP contribution >= 0.6 is 0 Å². The van der Waals surface area contributed by atoms with Gasteiger partial charge in [0.1, 0.15) is 0 Å². The van der Waals surface area contributed by atoms with Crippen LogP contribution in [0.4, 0.5) is 5.69 Å². The summed E-state index contributed by atoms with van der Waals surface area (Å²) in [5.41, 5.74) is 7.79. The number of hydrogen-bond donors (Lipinski definition) is 1. The average Bonchev–Trinajstić information content (AvgIpc) is 2.37. The van der Waals surface area contributed by atoms with E-state index in [-0.39, 0.29) is 0 Å². The summed E-state index contributed by atoms with van der Waals surface area (Å²) < 4.78 is 15.6. The average molecular weight is 253 g/mol. The van der Waals surface area contributed by atoms with Gasteiger partial charge < -0.3 is 19.9 Å². The maximum absolute atomic E-state index is 5.71. The molecule has 0 atom stereocenters.